The summed E-state index contributed by atoms with van der Waals surface area (Å²) in [6, 6.07) is 8.33. The first-order valence-corrected chi connectivity index (χ1v) is 5.46. The lowest BCUT2D eigenvalue weighted by molar-refractivity contribution is 0.0606. The molecule has 0 unspecified atom stereocenters. The van der Waals surface area contributed by atoms with Gasteiger partial charge in [0, 0.05) is 31.2 Å². The molecule has 1 amide bonds. The highest BCUT2D eigenvalue weighted by molar-refractivity contribution is 5.97. The van der Waals surface area contributed by atoms with Crippen molar-refractivity contribution < 1.29 is 4.79 Å². The smallest absolute Gasteiger partial charge is 0.254 e. The average molecular weight is 202 g/mol. The first kappa shape index (κ1) is 8.92. The molecule has 1 fully saturated rings. The van der Waals surface area contributed by atoms with Crippen LogP contribution < -0.4 is 5.32 Å². The van der Waals surface area contributed by atoms with Gasteiger partial charge in [-0.2, -0.15) is 0 Å². The van der Waals surface area contributed by atoms with E-state index in [0.29, 0.717) is 6.04 Å². The fourth-order valence-electron chi connectivity index (χ4n) is 2.53. The third-order valence-corrected chi connectivity index (χ3v) is 3.31. The van der Waals surface area contributed by atoms with Crippen molar-refractivity contribution in [2.75, 3.05) is 19.6 Å². The van der Waals surface area contributed by atoms with Gasteiger partial charge in [-0.3, -0.25) is 4.79 Å². The molecule has 2 aliphatic rings. The van der Waals surface area contributed by atoms with E-state index in [9.17, 15) is 4.79 Å². The van der Waals surface area contributed by atoms with Crippen molar-refractivity contribution in [2.45, 2.75) is 12.5 Å². The summed E-state index contributed by atoms with van der Waals surface area (Å²) in [6.07, 6.45) is 0.995. The third-order valence-electron chi connectivity index (χ3n) is 3.31. The fourth-order valence-corrected chi connectivity index (χ4v) is 2.53. The second-order valence-corrected chi connectivity index (χ2v) is 4.22. The van der Waals surface area contributed by atoms with Gasteiger partial charge in [0.25, 0.3) is 5.91 Å². The molecule has 3 nitrogen and oxygen atoms in total. The van der Waals surface area contributed by atoms with E-state index < -0.39 is 0 Å². The van der Waals surface area contributed by atoms with Crippen LogP contribution in [0, 0.1) is 0 Å². The number of nitrogens with zero attached hydrogens (tertiary/aromatic N) is 1. The highest BCUT2D eigenvalue weighted by atomic mass is 16.2. The van der Waals surface area contributed by atoms with Crippen LogP contribution in [0.3, 0.4) is 0 Å². The molecule has 3 rings (SSSR count). The number of benzene rings is 1. The zero-order valence-electron chi connectivity index (χ0n) is 8.57. The Hall–Kier alpha value is -1.35. The standard InChI is InChI=1S/C12H14N2O/c15-12-11-4-2-1-3-9(11)7-10-8-13-5-6-14(10)12/h1-4,10,13H,5-8H2/t10-/m0/s1. The van der Waals surface area contributed by atoms with Crippen LogP contribution in [0.15, 0.2) is 24.3 Å². The zero-order valence-corrected chi connectivity index (χ0v) is 8.57. The Labute approximate surface area is 89.1 Å². The van der Waals surface area contributed by atoms with Gasteiger partial charge in [-0.15, -0.1) is 0 Å². The molecular weight excluding hydrogens is 188 g/mol. The van der Waals surface area contributed by atoms with Crippen LogP contribution >= 0.6 is 0 Å². The summed E-state index contributed by atoms with van der Waals surface area (Å²) < 4.78 is 0. The Balaban J connectivity index is 2.02. The number of carbonyl (C=O) groups is 1. The summed E-state index contributed by atoms with van der Waals surface area (Å²) in [5, 5.41) is 3.34. The van der Waals surface area contributed by atoms with Gasteiger partial charge < -0.3 is 10.2 Å². The molecule has 1 aromatic rings. The van der Waals surface area contributed by atoms with Crippen LogP contribution in [-0.4, -0.2) is 36.5 Å². The number of fused-ring (bicyclic) bond motifs is 2. The molecule has 0 aromatic heterocycles. The maximum Gasteiger partial charge on any atom is 0.254 e. The summed E-state index contributed by atoms with van der Waals surface area (Å²) >= 11 is 0. The first-order valence-electron chi connectivity index (χ1n) is 5.46. The molecule has 3 heteroatoms. The normalized spacial score (nSPS) is 24.7. The van der Waals surface area contributed by atoms with Gasteiger partial charge in [-0.1, -0.05) is 18.2 Å². The lowest BCUT2D eigenvalue weighted by Gasteiger charge is -2.40. The van der Waals surface area contributed by atoms with Gasteiger partial charge in [0.15, 0.2) is 0 Å². The molecule has 0 spiro atoms. The van der Waals surface area contributed by atoms with Crippen molar-refractivity contribution >= 4 is 5.91 Å². The van der Waals surface area contributed by atoms with E-state index in [1.807, 2.05) is 23.1 Å². The summed E-state index contributed by atoms with van der Waals surface area (Å²) in [4.78, 5) is 14.2. The first-order chi connectivity index (χ1) is 7.36. The number of rotatable bonds is 0. The number of nitrogens with one attached hydrogen (secondary N) is 1. The molecule has 1 aromatic carbocycles. The minimum absolute atomic E-state index is 0.211. The van der Waals surface area contributed by atoms with Crippen molar-refractivity contribution in [3.63, 3.8) is 0 Å². The SMILES string of the molecule is O=C1c2ccccc2C[C@H]2CNCCN12. The summed E-state index contributed by atoms with van der Waals surface area (Å²) in [6.45, 7) is 2.70. The molecule has 0 radical (unpaired) electrons. The number of hydrogen-bond acceptors (Lipinski definition) is 2. The van der Waals surface area contributed by atoms with Gasteiger partial charge >= 0.3 is 0 Å². The third kappa shape index (κ3) is 1.35. The van der Waals surface area contributed by atoms with E-state index in [1.165, 1.54) is 5.56 Å². The Morgan fingerprint density at radius 1 is 1.33 bits per heavy atom. The quantitative estimate of drug-likeness (QED) is 0.670. The van der Waals surface area contributed by atoms with Crippen LogP contribution in [0.5, 0.6) is 0 Å². The zero-order chi connectivity index (χ0) is 10.3. The Morgan fingerprint density at radius 2 is 2.20 bits per heavy atom. The molecular formula is C12H14N2O. The molecule has 0 bridgehead atoms. The molecule has 1 N–H and O–H groups in total. The van der Waals surface area contributed by atoms with Crippen LogP contribution in [-0.2, 0) is 6.42 Å². The number of piperazine rings is 1. The van der Waals surface area contributed by atoms with E-state index in [0.717, 1.165) is 31.6 Å². The van der Waals surface area contributed by atoms with E-state index in [-0.39, 0.29) is 5.91 Å². The van der Waals surface area contributed by atoms with Crippen molar-refractivity contribution in [3.8, 4) is 0 Å². The van der Waals surface area contributed by atoms with Crippen LogP contribution in [0.2, 0.25) is 0 Å². The summed E-state index contributed by atoms with van der Waals surface area (Å²) in [5.41, 5.74) is 2.10. The van der Waals surface area contributed by atoms with E-state index in [1.54, 1.807) is 0 Å². The molecule has 2 aliphatic heterocycles. The van der Waals surface area contributed by atoms with Crippen LogP contribution in [0.1, 0.15) is 15.9 Å². The number of carbonyl (C=O) groups excluding carboxylic acids is 1. The number of amides is 1. The maximum absolute atomic E-state index is 12.1. The molecule has 1 saturated heterocycles. The lowest BCUT2D eigenvalue weighted by atomic mass is 9.92. The Morgan fingerprint density at radius 3 is 3.13 bits per heavy atom. The van der Waals surface area contributed by atoms with Crippen molar-refractivity contribution in [3.05, 3.63) is 35.4 Å². The minimum Gasteiger partial charge on any atom is -0.333 e. The number of hydrogen-bond donors (Lipinski definition) is 1. The van der Waals surface area contributed by atoms with Crippen molar-refractivity contribution in [1.29, 1.82) is 0 Å². The maximum atomic E-state index is 12.1. The van der Waals surface area contributed by atoms with Crippen LogP contribution in [0.4, 0.5) is 0 Å². The van der Waals surface area contributed by atoms with Crippen molar-refractivity contribution in [2.24, 2.45) is 0 Å². The van der Waals surface area contributed by atoms with Gasteiger partial charge in [-0.25, -0.2) is 0 Å². The van der Waals surface area contributed by atoms with E-state index in [4.69, 9.17) is 0 Å². The van der Waals surface area contributed by atoms with Gasteiger partial charge in [0.1, 0.15) is 0 Å². The minimum atomic E-state index is 0.211. The highest BCUT2D eigenvalue weighted by Gasteiger charge is 2.33. The lowest BCUT2D eigenvalue weighted by Crippen LogP contribution is -2.56. The second-order valence-electron chi connectivity index (χ2n) is 4.22. The van der Waals surface area contributed by atoms with Crippen molar-refractivity contribution in [1.82, 2.24) is 10.2 Å². The van der Waals surface area contributed by atoms with Gasteiger partial charge in [0.05, 0.1) is 0 Å². The molecule has 78 valence electrons. The predicted octanol–water partition coefficient (Wildman–Crippen LogP) is 0.657. The van der Waals surface area contributed by atoms with Gasteiger partial charge in [-0.05, 0) is 18.1 Å². The van der Waals surface area contributed by atoms with Crippen LogP contribution in [0.25, 0.3) is 0 Å². The van der Waals surface area contributed by atoms with E-state index in [2.05, 4.69) is 11.4 Å². The molecule has 1 atom stereocenters. The highest BCUT2D eigenvalue weighted by Crippen LogP contribution is 2.23. The molecule has 0 saturated carbocycles. The molecule has 2 heterocycles. The second kappa shape index (κ2) is 3.35. The average Bonchev–Trinajstić information content (AvgIpc) is 2.30. The fraction of sp³-hybridized carbons (Fsp3) is 0.417. The topological polar surface area (TPSA) is 32.3 Å². The predicted molar refractivity (Wildman–Crippen MR) is 57.8 cm³/mol. The Kier molecular flexibility index (Phi) is 1.99. The monoisotopic (exact) mass is 202 g/mol. The molecule has 15 heavy (non-hydrogen) atoms. The largest absolute Gasteiger partial charge is 0.333 e. The Bertz CT molecular complexity index is 402. The van der Waals surface area contributed by atoms with E-state index >= 15 is 0 Å². The summed E-state index contributed by atoms with van der Waals surface area (Å²) in [7, 11) is 0. The van der Waals surface area contributed by atoms with Gasteiger partial charge in [0.2, 0.25) is 0 Å². The molecule has 0 aliphatic carbocycles. The summed E-state index contributed by atoms with van der Waals surface area (Å²) in [5.74, 6) is 0.211.